The van der Waals surface area contributed by atoms with E-state index in [0.717, 1.165) is 49.7 Å². The van der Waals surface area contributed by atoms with Gasteiger partial charge in [0, 0.05) is 63.2 Å². The van der Waals surface area contributed by atoms with Gasteiger partial charge in [0.15, 0.2) is 0 Å². The summed E-state index contributed by atoms with van der Waals surface area (Å²) in [6, 6.07) is 13.6. The lowest BCUT2D eigenvalue weighted by atomic mass is 9.95. The summed E-state index contributed by atoms with van der Waals surface area (Å²) >= 11 is 0. The van der Waals surface area contributed by atoms with Crippen molar-refractivity contribution in [1.82, 2.24) is 5.32 Å². The number of nitrogens with one attached hydrogen (secondary N) is 2. The molecule has 0 radical (unpaired) electrons. The zero-order valence-electron chi connectivity index (χ0n) is 21.5. The fourth-order valence-electron chi connectivity index (χ4n) is 3.98. The molecule has 3 rings (SSSR count). The van der Waals surface area contributed by atoms with Gasteiger partial charge in [-0.2, -0.15) is 0 Å². The minimum absolute atomic E-state index is 0.0953. The third kappa shape index (κ3) is 6.88. The van der Waals surface area contributed by atoms with Gasteiger partial charge in [0.25, 0.3) is 5.91 Å². The number of hydrogen-bond acceptors (Lipinski definition) is 6. The van der Waals surface area contributed by atoms with Gasteiger partial charge in [-0.25, -0.2) is 0 Å². The Morgan fingerprint density at radius 3 is 2.23 bits per heavy atom. The third-order valence-corrected chi connectivity index (χ3v) is 6.04. The van der Waals surface area contributed by atoms with Crippen LogP contribution in [0.1, 0.15) is 37.6 Å². The van der Waals surface area contributed by atoms with Crippen molar-refractivity contribution < 1.29 is 19.1 Å². The Morgan fingerprint density at radius 1 is 0.943 bits per heavy atom. The van der Waals surface area contributed by atoms with Crippen LogP contribution in [-0.4, -0.2) is 65.4 Å². The first-order valence-corrected chi connectivity index (χ1v) is 12.1. The molecule has 0 atom stereocenters. The lowest BCUT2D eigenvalue weighted by Gasteiger charge is -2.38. The first kappa shape index (κ1) is 26.3. The van der Waals surface area contributed by atoms with Gasteiger partial charge in [0.2, 0.25) is 5.91 Å². The third-order valence-electron chi connectivity index (χ3n) is 6.04. The molecule has 2 aromatic rings. The minimum Gasteiger partial charge on any atom is -0.495 e. The summed E-state index contributed by atoms with van der Waals surface area (Å²) in [6.07, 6.45) is 0.732. The Hall–Kier alpha value is -3.26. The first-order valence-electron chi connectivity index (χ1n) is 12.1. The van der Waals surface area contributed by atoms with Crippen LogP contribution in [0.15, 0.2) is 42.5 Å². The quantitative estimate of drug-likeness (QED) is 0.530. The molecule has 1 saturated heterocycles. The van der Waals surface area contributed by atoms with Gasteiger partial charge in [0.05, 0.1) is 18.4 Å². The van der Waals surface area contributed by atoms with Gasteiger partial charge in [-0.05, 0) is 36.8 Å². The second kappa shape index (κ2) is 11.9. The highest BCUT2D eigenvalue weighted by atomic mass is 16.5. The van der Waals surface area contributed by atoms with E-state index in [9.17, 15) is 9.59 Å². The molecule has 190 valence electrons. The van der Waals surface area contributed by atoms with E-state index in [1.807, 2.05) is 51.1 Å². The SMILES string of the molecule is COCCCNC(=O)c1cc(NC(=O)C(C)(C)C)ccc1N1CCN(c2ccccc2OC)CC1. The number of nitrogens with zero attached hydrogens (tertiary/aromatic N) is 2. The summed E-state index contributed by atoms with van der Waals surface area (Å²) in [7, 11) is 3.33. The van der Waals surface area contributed by atoms with Crippen LogP contribution >= 0.6 is 0 Å². The number of piperazine rings is 1. The second-order valence-corrected chi connectivity index (χ2v) is 9.68. The van der Waals surface area contributed by atoms with Crippen molar-refractivity contribution in [3.05, 3.63) is 48.0 Å². The lowest BCUT2D eigenvalue weighted by molar-refractivity contribution is -0.123. The average molecular weight is 483 g/mol. The van der Waals surface area contributed by atoms with Crippen LogP contribution in [0.4, 0.5) is 17.1 Å². The van der Waals surface area contributed by atoms with Gasteiger partial charge >= 0.3 is 0 Å². The van der Waals surface area contributed by atoms with Gasteiger partial charge in [-0.15, -0.1) is 0 Å². The van der Waals surface area contributed by atoms with Gasteiger partial charge in [0.1, 0.15) is 5.75 Å². The highest BCUT2D eigenvalue weighted by Crippen LogP contribution is 2.31. The van der Waals surface area contributed by atoms with Gasteiger partial charge in [-0.1, -0.05) is 32.9 Å². The highest BCUT2D eigenvalue weighted by molar-refractivity contribution is 6.02. The standard InChI is InChI=1S/C27H38N4O4/c1-27(2,3)26(33)29-20-11-12-22(21(19-20)25(32)28-13-8-18-34-4)30-14-16-31(17-15-30)23-9-6-7-10-24(23)35-5/h6-7,9-12,19H,8,13-18H2,1-5H3,(H,28,32)(H,29,33). The number of carbonyl (C=O) groups is 2. The van der Waals surface area contributed by atoms with E-state index < -0.39 is 5.41 Å². The van der Waals surface area contributed by atoms with Crippen LogP contribution in [0.25, 0.3) is 0 Å². The van der Waals surface area contributed by atoms with E-state index in [0.29, 0.717) is 24.4 Å². The summed E-state index contributed by atoms with van der Waals surface area (Å²) < 4.78 is 10.6. The monoisotopic (exact) mass is 482 g/mol. The molecule has 0 spiro atoms. The molecule has 35 heavy (non-hydrogen) atoms. The molecular weight excluding hydrogens is 444 g/mol. The van der Waals surface area contributed by atoms with Crippen LogP contribution in [0.3, 0.4) is 0 Å². The van der Waals surface area contributed by atoms with E-state index in [4.69, 9.17) is 9.47 Å². The molecule has 2 N–H and O–H groups in total. The van der Waals surface area contributed by atoms with Crippen LogP contribution in [-0.2, 0) is 9.53 Å². The van der Waals surface area contributed by atoms with Crippen LogP contribution in [0.2, 0.25) is 0 Å². The Balaban J connectivity index is 1.79. The van der Waals surface area contributed by atoms with Crippen molar-refractivity contribution in [1.29, 1.82) is 0 Å². The molecule has 0 saturated carbocycles. The second-order valence-electron chi connectivity index (χ2n) is 9.68. The maximum absolute atomic E-state index is 13.2. The Labute approximate surface area is 208 Å². The van der Waals surface area contributed by atoms with E-state index in [2.05, 4.69) is 26.5 Å². The predicted molar refractivity (Wildman–Crippen MR) is 141 cm³/mol. The summed E-state index contributed by atoms with van der Waals surface area (Å²) in [5.41, 5.74) is 2.58. The smallest absolute Gasteiger partial charge is 0.253 e. The van der Waals surface area contributed by atoms with Crippen LogP contribution in [0.5, 0.6) is 5.75 Å². The maximum Gasteiger partial charge on any atom is 0.253 e. The fourth-order valence-corrected chi connectivity index (χ4v) is 3.98. The van der Waals surface area contributed by atoms with Crippen LogP contribution < -0.4 is 25.2 Å². The number of ether oxygens (including phenoxy) is 2. The number of hydrogen-bond donors (Lipinski definition) is 2. The zero-order valence-corrected chi connectivity index (χ0v) is 21.5. The number of rotatable bonds is 9. The van der Waals surface area contributed by atoms with E-state index in [1.54, 1.807) is 20.3 Å². The molecule has 1 aliphatic rings. The molecule has 8 heteroatoms. The highest BCUT2D eigenvalue weighted by Gasteiger charge is 2.25. The molecule has 0 aliphatic carbocycles. The number of para-hydroxylation sites is 2. The number of benzene rings is 2. The number of amides is 2. The van der Waals surface area contributed by atoms with Crippen molar-refractivity contribution in [3.8, 4) is 5.75 Å². The van der Waals surface area contributed by atoms with E-state index in [1.165, 1.54) is 0 Å². The summed E-state index contributed by atoms with van der Waals surface area (Å²) in [6.45, 7) is 9.82. The Bertz CT molecular complexity index is 1010. The van der Waals surface area contributed by atoms with Gasteiger partial charge in [-0.3, -0.25) is 9.59 Å². The molecule has 0 aromatic heterocycles. The summed E-state index contributed by atoms with van der Waals surface area (Å²) in [5, 5.41) is 5.93. The molecule has 1 fully saturated rings. The Morgan fingerprint density at radius 2 is 1.60 bits per heavy atom. The summed E-state index contributed by atoms with van der Waals surface area (Å²) in [4.78, 5) is 30.2. The normalized spacial score (nSPS) is 14.0. The Kier molecular flexibility index (Phi) is 8.98. The molecule has 1 aliphatic heterocycles. The minimum atomic E-state index is -0.532. The van der Waals surface area contributed by atoms with Gasteiger partial charge < -0.3 is 29.9 Å². The number of anilines is 3. The molecule has 8 nitrogen and oxygen atoms in total. The van der Waals surface area contributed by atoms with Crippen molar-refractivity contribution in [2.45, 2.75) is 27.2 Å². The molecule has 2 aromatic carbocycles. The molecule has 1 heterocycles. The fraction of sp³-hybridized carbons (Fsp3) is 0.481. The lowest BCUT2D eigenvalue weighted by Crippen LogP contribution is -2.47. The average Bonchev–Trinajstić information content (AvgIpc) is 2.86. The molecule has 2 amide bonds. The van der Waals surface area contributed by atoms with Crippen molar-refractivity contribution in [2.75, 3.05) is 68.7 Å². The molecule has 0 bridgehead atoms. The predicted octanol–water partition coefficient (Wildman–Crippen LogP) is 3.77. The van der Waals surface area contributed by atoms with E-state index in [-0.39, 0.29) is 11.8 Å². The molecular formula is C27H38N4O4. The largest absolute Gasteiger partial charge is 0.495 e. The number of carbonyl (C=O) groups excluding carboxylic acids is 2. The van der Waals surface area contributed by atoms with Crippen molar-refractivity contribution in [2.24, 2.45) is 5.41 Å². The van der Waals surface area contributed by atoms with E-state index >= 15 is 0 Å². The van der Waals surface area contributed by atoms with Crippen molar-refractivity contribution >= 4 is 28.9 Å². The zero-order chi connectivity index (χ0) is 25.4. The maximum atomic E-state index is 13.2. The summed E-state index contributed by atoms with van der Waals surface area (Å²) in [5.74, 6) is 0.605. The van der Waals surface area contributed by atoms with Crippen molar-refractivity contribution in [3.63, 3.8) is 0 Å². The topological polar surface area (TPSA) is 83.1 Å². The van der Waals surface area contributed by atoms with Crippen LogP contribution in [0, 0.1) is 5.41 Å². The molecule has 0 unspecified atom stereocenters. The number of methoxy groups -OCH3 is 2. The first-order chi connectivity index (χ1) is 16.7.